The van der Waals surface area contributed by atoms with Gasteiger partial charge in [0, 0.05) is 19.7 Å². The molecule has 0 atom stereocenters. The second kappa shape index (κ2) is 8.13. The summed E-state index contributed by atoms with van der Waals surface area (Å²) in [6, 6.07) is 13.4. The van der Waals surface area contributed by atoms with Crippen LogP contribution in [0, 0.1) is 0 Å². The van der Waals surface area contributed by atoms with Crippen LogP contribution in [0.15, 0.2) is 53.8 Å². The second-order valence-electron chi connectivity index (χ2n) is 5.32. The molecule has 0 fully saturated rings. The molecule has 2 aromatic heterocycles. The van der Waals surface area contributed by atoms with E-state index >= 15 is 0 Å². The molecule has 1 N–H and O–H groups in total. The van der Waals surface area contributed by atoms with Gasteiger partial charge in [0.1, 0.15) is 11.6 Å². The molecule has 128 valence electrons. The number of rotatable bonds is 6. The zero-order valence-corrected chi connectivity index (χ0v) is 15.1. The quantitative estimate of drug-likeness (QED) is 0.672. The van der Waals surface area contributed by atoms with Crippen molar-refractivity contribution in [2.45, 2.75) is 11.6 Å². The molecule has 0 radical (unpaired) electrons. The number of thioether (sulfide) groups is 1. The lowest BCUT2D eigenvalue weighted by molar-refractivity contribution is -0.113. The molecule has 0 saturated heterocycles. The number of halogens is 1. The summed E-state index contributed by atoms with van der Waals surface area (Å²) in [6.45, 7) is 0. The van der Waals surface area contributed by atoms with Crippen molar-refractivity contribution >= 4 is 35.1 Å². The Kier molecular flexibility index (Phi) is 5.67. The summed E-state index contributed by atoms with van der Waals surface area (Å²) >= 11 is 7.10. The molecule has 0 spiro atoms. The standard InChI is InChI=1S/C17H16ClN5OS/c1-23-15(9-12-5-3-2-4-6-12)21-22-17(23)25-11-16(24)20-14-8-7-13(18)10-19-14/h2-8,10H,9,11H2,1H3,(H,19,20,24). The van der Waals surface area contributed by atoms with Crippen LogP contribution in [-0.4, -0.2) is 31.4 Å². The lowest BCUT2D eigenvalue weighted by atomic mass is 10.1. The van der Waals surface area contributed by atoms with Gasteiger partial charge in [0.25, 0.3) is 0 Å². The van der Waals surface area contributed by atoms with Gasteiger partial charge in [0.15, 0.2) is 5.16 Å². The van der Waals surface area contributed by atoms with Crippen molar-refractivity contribution in [3.63, 3.8) is 0 Å². The summed E-state index contributed by atoms with van der Waals surface area (Å²) in [6.07, 6.45) is 2.19. The minimum Gasteiger partial charge on any atom is -0.310 e. The third kappa shape index (κ3) is 4.80. The fraction of sp³-hybridized carbons (Fsp3) is 0.176. The van der Waals surface area contributed by atoms with E-state index in [0.29, 0.717) is 22.4 Å². The van der Waals surface area contributed by atoms with E-state index in [1.54, 1.807) is 12.1 Å². The van der Waals surface area contributed by atoms with E-state index in [9.17, 15) is 4.79 Å². The van der Waals surface area contributed by atoms with Gasteiger partial charge >= 0.3 is 0 Å². The van der Waals surface area contributed by atoms with E-state index in [2.05, 4.69) is 20.5 Å². The Hall–Kier alpha value is -2.38. The molecule has 3 aromatic rings. The van der Waals surface area contributed by atoms with Gasteiger partial charge in [-0.25, -0.2) is 4.98 Å². The smallest absolute Gasteiger partial charge is 0.236 e. The molecule has 1 amide bonds. The number of benzene rings is 1. The molecular weight excluding hydrogens is 358 g/mol. The molecular formula is C17H16ClN5OS. The van der Waals surface area contributed by atoms with Gasteiger partial charge in [-0.15, -0.1) is 10.2 Å². The molecule has 25 heavy (non-hydrogen) atoms. The Bertz CT molecular complexity index is 851. The van der Waals surface area contributed by atoms with Gasteiger partial charge in [-0.3, -0.25) is 4.79 Å². The molecule has 1 aromatic carbocycles. The van der Waals surface area contributed by atoms with Crippen LogP contribution < -0.4 is 5.32 Å². The first-order valence-electron chi connectivity index (χ1n) is 7.58. The Balaban J connectivity index is 1.56. The van der Waals surface area contributed by atoms with Crippen molar-refractivity contribution in [2.75, 3.05) is 11.1 Å². The highest BCUT2D eigenvalue weighted by Crippen LogP contribution is 2.18. The topological polar surface area (TPSA) is 72.7 Å². The average molecular weight is 374 g/mol. The maximum absolute atomic E-state index is 12.0. The van der Waals surface area contributed by atoms with Crippen molar-refractivity contribution in [1.82, 2.24) is 19.7 Å². The predicted molar refractivity (Wildman–Crippen MR) is 98.9 cm³/mol. The van der Waals surface area contributed by atoms with Crippen LogP contribution in [-0.2, 0) is 18.3 Å². The van der Waals surface area contributed by atoms with E-state index < -0.39 is 0 Å². The molecule has 0 unspecified atom stereocenters. The number of nitrogens with zero attached hydrogens (tertiary/aromatic N) is 4. The van der Waals surface area contributed by atoms with Crippen LogP contribution in [0.4, 0.5) is 5.82 Å². The van der Waals surface area contributed by atoms with E-state index in [1.807, 2.05) is 41.9 Å². The number of hydrogen-bond acceptors (Lipinski definition) is 5. The van der Waals surface area contributed by atoms with Crippen molar-refractivity contribution in [3.05, 3.63) is 65.1 Å². The number of anilines is 1. The van der Waals surface area contributed by atoms with Crippen LogP contribution in [0.5, 0.6) is 0 Å². The minimum absolute atomic E-state index is 0.160. The zero-order chi connectivity index (χ0) is 17.6. The highest BCUT2D eigenvalue weighted by atomic mass is 35.5. The Labute approximate surface area is 154 Å². The summed E-state index contributed by atoms with van der Waals surface area (Å²) in [7, 11) is 1.90. The Morgan fingerprint density at radius 1 is 1.20 bits per heavy atom. The number of amides is 1. The van der Waals surface area contributed by atoms with Gasteiger partial charge in [0.05, 0.1) is 10.8 Å². The van der Waals surface area contributed by atoms with Crippen molar-refractivity contribution in [2.24, 2.45) is 7.05 Å². The molecule has 8 heteroatoms. The Morgan fingerprint density at radius 3 is 2.72 bits per heavy atom. The Morgan fingerprint density at radius 2 is 2.00 bits per heavy atom. The maximum Gasteiger partial charge on any atom is 0.236 e. The summed E-state index contributed by atoms with van der Waals surface area (Å²) in [4.78, 5) is 16.1. The SMILES string of the molecule is Cn1c(Cc2ccccc2)nnc1SCC(=O)Nc1ccc(Cl)cn1. The lowest BCUT2D eigenvalue weighted by Gasteiger charge is -2.05. The minimum atomic E-state index is -0.160. The number of carbonyl (C=O) groups is 1. The van der Waals surface area contributed by atoms with Crippen LogP contribution in [0.2, 0.25) is 5.02 Å². The number of carbonyl (C=O) groups excluding carboxylic acids is 1. The third-order valence-electron chi connectivity index (χ3n) is 3.46. The van der Waals surface area contributed by atoms with Crippen molar-refractivity contribution in [3.8, 4) is 0 Å². The highest BCUT2D eigenvalue weighted by Gasteiger charge is 2.12. The number of aromatic nitrogens is 4. The molecule has 3 rings (SSSR count). The number of nitrogens with one attached hydrogen (secondary N) is 1. The first-order valence-corrected chi connectivity index (χ1v) is 8.94. The van der Waals surface area contributed by atoms with Gasteiger partial charge in [-0.05, 0) is 17.7 Å². The van der Waals surface area contributed by atoms with Crippen LogP contribution in [0.3, 0.4) is 0 Å². The zero-order valence-electron chi connectivity index (χ0n) is 13.5. The second-order valence-corrected chi connectivity index (χ2v) is 6.70. The molecule has 0 aliphatic carbocycles. The monoisotopic (exact) mass is 373 g/mol. The van der Waals surface area contributed by atoms with Gasteiger partial charge in [-0.2, -0.15) is 0 Å². The first kappa shape index (κ1) is 17.4. The summed E-state index contributed by atoms with van der Waals surface area (Å²) in [5.74, 6) is 1.39. The van der Waals surface area contributed by atoms with Crippen LogP contribution in [0.1, 0.15) is 11.4 Å². The van der Waals surface area contributed by atoms with Crippen molar-refractivity contribution in [1.29, 1.82) is 0 Å². The third-order valence-corrected chi connectivity index (χ3v) is 4.70. The fourth-order valence-electron chi connectivity index (χ4n) is 2.16. The molecule has 2 heterocycles. The fourth-order valence-corrected chi connectivity index (χ4v) is 3.00. The van der Waals surface area contributed by atoms with Gasteiger partial charge in [-0.1, -0.05) is 53.7 Å². The summed E-state index contributed by atoms with van der Waals surface area (Å²) in [5, 5.41) is 12.3. The van der Waals surface area contributed by atoms with Gasteiger partial charge < -0.3 is 9.88 Å². The van der Waals surface area contributed by atoms with Gasteiger partial charge in [0.2, 0.25) is 5.91 Å². The van der Waals surface area contributed by atoms with E-state index in [4.69, 9.17) is 11.6 Å². The normalized spacial score (nSPS) is 10.6. The largest absolute Gasteiger partial charge is 0.310 e. The average Bonchev–Trinajstić information content (AvgIpc) is 2.96. The van der Waals surface area contributed by atoms with E-state index in [-0.39, 0.29) is 11.7 Å². The molecule has 0 saturated carbocycles. The van der Waals surface area contributed by atoms with Crippen LogP contribution in [0.25, 0.3) is 0 Å². The summed E-state index contributed by atoms with van der Waals surface area (Å²) in [5.41, 5.74) is 1.17. The molecule has 0 aliphatic heterocycles. The predicted octanol–water partition coefficient (Wildman–Crippen LogP) is 3.19. The first-order chi connectivity index (χ1) is 12.1. The highest BCUT2D eigenvalue weighted by molar-refractivity contribution is 7.99. The number of pyridine rings is 1. The molecule has 6 nitrogen and oxygen atoms in total. The number of hydrogen-bond donors (Lipinski definition) is 1. The summed E-state index contributed by atoms with van der Waals surface area (Å²) < 4.78 is 1.91. The van der Waals surface area contributed by atoms with E-state index in [0.717, 1.165) is 5.82 Å². The van der Waals surface area contributed by atoms with Crippen LogP contribution >= 0.6 is 23.4 Å². The van der Waals surface area contributed by atoms with E-state index in [1.165, 1.54) is 23.5 Å². The maximum atomic E-state index is 12.0. The molecule has 0 aliphatic rings. The molecule has 0 bridgehead atoms. The van der Waals surface area contributed by atoms with Crippen molar-refractivity contribution < 1.29 is 4.79 Å². The lowest BCUT2D eigenvalue weighted by Crippen LogP contribution is -2.15.